The quantitative estimate of drug-likeness (QED) is 0.699. The van der Waals surface area contributed by atoms with Crippen LogP contribution in [0.5, 0.6) is 0 Å². The number of carboxylic acid groups (broad SMARTS) is 1. The second-order valence-corrected chi connectivity index (χ2v) is 4.68. The highest BCUT2D eigenvalue weighted by atomic mass is 16.4. The molecule has 0 saturated heterocycles. The highest BCUT2D eigenvalue weighted by molar-refractivity contribution is 5.91. The van der Waals surface area contributed by atoms with E-state index in [2.05, 4.69) is 10.6 Å². The van der Waals surface area contributed by atoms with E-state index < -0.39 is 5.97 Å². The molecule has 0 aliphatic carbocycles. The Morgan fingerprint density at radius 1 is 1.32 bits per heavy atom. The van der Waals surface area contributed by atoms with Gasteiger partial charge >= 0.3 is 5.97 Å². The highest BCUT2D eigenvalue weighted by Crippen LogP contribution is 2.11. The molecule has 1 aromatic carbocycles. The predicted molar refractivity (Wildman–Crippen MR) is 74.2 cm³/mol. The molecule has 5 heteroatoms. The first-order valence-electron chi connectivity index (χ1n) is 6.31. The zero-order valence-electron chi connectivity index (χ0n) is 11.3. The summed E-state index contributed by atoms with van der Waals surface area (Å²) in [6.45, 7) is 4.67. The third-order valence-electron chi connectivity index (χ3n) is 2.47. The van der Waals surface area contributed by atoms with Crippen molar-refractivity contribution in [2.24, 2.45) is 0 Å². The van der Waals surface area contributed by atoms with Crippen LogP contribution >= 0.6 is 0 Å². The molecule has 0 saturated carbocycles. The van der Waals surface area contributed by atoms with Gasteiger partial charge in [-0.3, -0.25) is 9.59 Å². The molecule has 0 atom stereocenters. The Balaban J connectivity index is 2.47. The minimum absolute atomic E-state index is 0.0430. The van der Waals surface area contributed by atoms with Crippen molar-refractivity contribution in [3.05, 3.63) is 29.8 Å². The Kier molecular flexibility index (Phi) is 6.02. The summed E-state index contributed by atoms with van der Waals surface area (Å²) < 4.78 is 0. The average Bonchev–Trinajstić information content (AvgIpc) is 2.27. The number of amides is 1. The lowest BCUT2D eigenvalue weighted by Crippen LogP contribution is -2.27. The van der Waals surface area contributed by atoms with Gasteiger partial charge in [0, 0.05) is 24.7 Å². The molecule has 0 spiro atoms. The number of hydrogen-bond acceptors (Lipinski definition) is 3. The molecule has 0 fully saturated rings. The second kappa shape index (κ2) is 7.53. The van der Waals surface area contributed by atoms with E-state index in [9.17, 15) is 9.59 Å². The number of nitrogens with one attached hydrogen (secondary N) is 2. The summed E-state index contributed by atoms with van der Waals surface area (Å²) >= 11 is 0. The lowest BCUT2D eigenvalue weighted by molar-refractivity contribution is -0.136. The van der Waals surface area contributed by atoms with Gasteiger partial charge in [0.15, 0.2) is 0 Å². The zero-order valence-corrected chi connectivity index (χ0v) is 11.3. The Morgan fingerprint density at radius 3 is 2.68 bits per heavy atom. The molecule has 3 N–H and O–H groups in total. The molecule has 0 unspecified atom stereocenters. The Bertz CT molecular complexity index is 444. The molecule has 0 aliphatic heterocycles. The third-order valence-corrected chi connectivity index (χ3v) is 2.47. The summed E-state index contributed by atoms with van der Waals surface area (Å²) in [6, 6.07) is 7.25. The number of aliphatic carboxylic acids is 1. The van der Waals surface area contributed by atoms with Crippen LogP contribution in [-0.4, -0.2) is 29.6 Å². The Hall–Kier alpha value is -1.88. The second-order valence-electron chi connectivity index (χ2n) is 4.68. The number of carbonyl (C=O) groups excluding carboxylic acids is 1. The van der Waals surface area contributed by atoms with Gasteiger partial charge in [0.25, 0.3) is 0 Å². The molecule has 5 nitrogen and oxygen atoms in total. The van der Waals surface area contributed by atoms with Crippen LogP contribution in [0, 0.1) is 0 Å². The van der Waals surface area contributed by atoms with Crippen molar-refractivity contribution in [2.75, 3.05) is 11.9 Å². The van der Waals surface area contributed by atoms with Crippen LogP contribution in [-0.2, 0) is 16.0 Å². The largest absolute Gasteiger partial charge is 0.481 e. The van der Waals surface area contributed by atoms with E-state index in [4.69, 9.17) is 5.11 Å². The normalized spacial score (nSPS) is 10.5. The molecule has 1 amide bonds. The smallest absolute Gasteiger partial charge is 0.307 e. The van der Waals surface area contributed by atoms with Crippen LogP contribution in [0.2, 0.25) is 0 Å². The van der Waals surface area contributed by atoms with Gasteiger partial charge in [-0.2, -0.15) is 0 Å². The van der Waals surface area contributed by atoms with Crippen molar-refractivity contribution in [2.45, 2.75) is 32.7 Å². The summed E-state index contributed by atoms with van der Waals surface area (Å²) in [4.78, 5) is 22.3. The first kappa shape index (κ1) is 15.2. The summed E-state index contributed by atoms with van der Waals surface area (Å²) in [7, 11) is 0. The molecular formula is C14H20N2O3. The van der Waals surface area contributed by atoms with Crippen molar-refractivity contribution in [3.8, 4) is 0 Å². The number of rotatable bonds is 7. The maximum atomic E-state index is 11.7. The molecule has 19 heavy (non-hydrogen) atoms. The summed E-state index contributed by atoms with van der Waals surface area (Å²) in [5.41, 5.74) is 1.30. The fourth-order valence-electron chi connectivity index (χ4n) is 1.63. The lowest BCUT2D eigenvalue weighted by Gasteiger charge is -2.09. The van der Waals surface area contributed by atoms with Crippen LogP contribution in [0.4, 0.5) is 5.69 Å². The van der Waals surface area contributed by atoms with E-state index in [0.29, 0.717) is 30.3 Å². The van der Waals surface area contributed by atoms with Crippen molar-refractivity contribution in [3.63, 3.8) is 0 Å². The molecule has 0 aliphatic rings. The van der Waals surface area contributed by atoms with Crippen molar-refractivity contribution < 1.29 is 14.7 Å². The summed E-state index contributed by atoms with van der Waals surface area (Å²) in [6.07, 6.45) is 0.347. The molecule has 0 radical (unpaired) electrons. The summed E-state index contributed by atoms with van der Waals surface area (Å²) in [5, 5.41) is 14.6. The molecule has 104 valence electrons. The van der Waals surface area contributed by atoms with Gasteiger partial charge in [-0.15, -0.1) is 0 Å². The Labute approximate surface area is 113 Å². The minimum Gasteiger partial charge on any atom is -0.481 e. The molecule has 0 heterocycles. The predicted octanol–water partition coefficient (Wildman–Crippen LogP) is 1.64. The molecule has 0 bridgehead atoms. The van der Waals surface area contributed by atoms with Gasteiger partial charge in [-0.1, -0.05) is 26.0 Å². The Morgan fingerprint density at radius 2 is 2.05 bits per heavy atom. The zero-order chi connectivity index (χ0) is 14.3. The number of hydrogen-bond donors (Lipinski definition) is 3. The van der Waals surface area contributed by atoms with Gasteiger partial charge in [-0.25, -0.2) is 0 Å². The van der Waals surface area contributed by atoms with Gasteiger partial charge in [-0.05, 0) is 17.7 Å². The topological polar surface area (TPSA) is 78.4 Å². The fraction of sp³-hybridized carbons (Fsp3) is 0.429. The minimum atomic E-state index is -0.885. The van der Waals surface area contributed by atoms with Gasteiger partial charge in [0.1, 0.15) is 0 Å². The van der Waals surface area contributed by atoms with E-state index >= 15 is 0 Å². The number of carbonyl (C=O) groups is 2. The van der Waals surface area contributed by atoms with Crippen LogP contribution in [0.3, 0.4) is 0 Å². The maximum Gasteiger partial charge on any atom is 0.307 e. The van der Waals surface area contributed by atoms with Crippen LogP contribution in [0.25, 0.3) is 0 Å². The maximum absolute atomic E-state index is 11.7. The number of anilines is 1. The van der Waals surface area contributed by atoms with Gasteiger partial charge in [0.05, 0.1) is 6.42 Å². The van der Waals surface area contributed by atoms with E-state index in [1.807, 2.05) is 13.8 Å². The van der Waals surface area contributed by atoms with Crippen molar-refractivity contribution in [1.82, 2.24) is 5.32 Å². The van der Waals surface area contributed by atoms with E-state index in [-0.39, 0.29) is 12.3 Å². The third kappa shape index (κ3) is 6.57. The molecule has 1 rings (SSSR count). The first-order valence-corrected chi connectivity index (χ1v) is 6.31. The van der Waals surface area contributed by atoms with Crippen LogP contribution < -0.4 is 10.6 Å². The standard InChI is InChI=1S/C14H20N2O3/c1-10(2)15-7-6-13(17)16-12-5-3-4-11(8-12)9-14(18)19/h3-5,8,10,15H,6-7,9H2,1-2H3,(H,16,17)(H,18,19). The lowest BCUT2D eigenvalue weighted by atomic mass is 10.1. The average molecular weight is 264 g/mol. The van der Waals surface area contributed by atoms with Gasteiger partial charge < -0.3 is 15.7 Å². The van der Waals surface area contributed by atoms with E-state index in [1.54, 1.807) is 24.3 Å². The fourth-order valence-corrected chi connectivity index (χ4v) is 1.63. The monoisotopic (exact) mass is 264 g/mol. The van der Waals surface area contributed by atoms with Crippen molar-refractivity contribution in [1.29, 1.82) is 0 Å². The summed E-state index contributed by atoms with van der Waals surface area (Å²) in [5.74, 6) is -0.967. The number of benzene rings is 1. The first-order chi connectivity index (χ1) is 8.97. The molecular weight excluding hydrogens is 244 g/mol. The van der Waals surface area contributed by atoms with Gasteiger partial charge in [0.2, 0.25) is 5.91 Å². The molecule has 0 aromatic heterocycles. The van der Waals surface area contributed by atoms with Crippen LogP contribution in [0.15, 0.2) is 24.3 Å². The number of carboxylic acids is 1. The highest BCUT2D eigenvalue weighted by Gasteiger charge is 2.05. The SMILES string of the molecule is CC(C)NCCC(=O)Nc1cccc(CC(=O)O)c1. The molecule has 1 aromatic rings. The van der Waals surface area contributed by atoms with Crippen LogP contribution in [0.1, 0.15) is 25.8 Å². The van der Waals surface area contributed by atoms with E-state index in [1.165, 1.54) is 0 Å². The van der Waals surface area contributed by atoms with E-state index in [0.717, 1.165) is 0 Å². The van der Waals surface area contributed by atoms with Crippen molar-refractivity contribution >= 4 is 17.6 Å².